The number of guanidine groups is 1. The summed E-state index contributed by atoms with van der Waals surface area (Å²) in [6.45, 7) is 7.63. The van der Waals surface area contributed by atoms with Crippen molar-refractivity contribution in [3.63, 3.8) is 0 Å². The van der Waals surface area contributed by atoms with Crippen LogP contribution < -0.4 is 10.6 Å². The molecule has 1 amide bonds. The van der Waals surface area contributed by atoms with Gasteiger partial charge in [-0.2, -0.15) is 0 Å². The fourth-order valence-electron chi connectivity index (χ4n) is 2.72. The van der Waals surface area contributed by atoms with E-state index >= 15 is 0 Å². The molecule has 1 heterocycles. The van der Waals surface area contributed by atoms with Crippen LogP contribution in [0.15, 0.2) is 40.2 Å². The molecule has 1 saturated heterocycles. The molecule has 1 aromatic carbocycles. The SMILES string of the molecule is CCNC(=O)CN=C(NCC)N1CCC(CSc2ccccc2)C1.I. The van der Waals surface area contributed by atoms with Crippen LogP contribution >= 0.6 is 35.7 Å². The highest BCUT2D eigenvalue weighted by molar-refractivity contribution is 14.0. The minimum atomic E-state index is -0.0247. The van der Waals surface area contributed by atoms with Crippen LogP contribution in [0.2, 0.25) is 0 Å². The van der Waals surface area contributed by atoms with Crippen LogP contribution in [0.1, 0.15) is 20.3 Å². The largest absolute Gasteiger partial charge is 0.357 e. The Hall–Kier alpha value is -0.960. The number of amides is 1. The van der Waals surface area contributed by atoms with Gasteiger partial charge in [-0.3, -0.25) is 4.79 Å². The fourth-order valence-corrected chi connectivity index (χ4v) is 3.77. The number of aliphatic imine (C=N–C) groups is 1. The number of nitrogens with one attached hydrogen (secondary N) is 2. The Morgan fingerprint density at radius 1 is 1.24 bits per heavy atom. The number of likely N-dealkylation sites (tertiary alicyclic amines) is 1. The first-order valence-corrected chi connectivity index (χ1v) is 9.69. The summed E-state index contributed by atoms with van der Waals surface area (Å²) in [4.78, 5) is 19.7. The summed E-state index contributed by atoms with van der Waals surface area (Å²) in [5, 5.41) is 6.09. The topological polar surface area (TPSA) is 56.7 Å². The van der Waals surface area contributed by atoms with Crippen molar-refractivity contribution in [1.82, 2.24) is 15.5 Å². The summed E-state index contributed by atoms with van der Waals surface area (Å²) < 4.78 is 0. The first kappa shape index (κ1) is 22.1. The Bertz CT molecular complexity index is 541. The molecule has 140 valence electrons. The summed E-state index contributed by atoms with van der Waals surface area (Å²) in [6, 6.07) is 10.5. The van der Waals surface area contributed by atoms with E-state index < -0.39 is 0 Å². The number of carbonyl (C=O) groups is 1. The van der Waals surface area contributed by atoms with Crippen molar-refractivity contribution in [1.29, 1.82) is 0 Å². The number of rotatable bonds is 7. The maximum Gasteiger partial charge on any atom is 0.241 e. The summed E-state index contributed by atoms with van der Waals surface area (Å²) in [5.41, 5.74) is 0. The maximum absolute atomic E-state index is 11.6. The highest BCUT2D eigenvalue weighted by Gasteiger charge is 2.25. The lowest BCUT2D eigenvalue weighted by Crippen LogP contribution is -2.41. The average Bonchev–Trinajstić information content (AvgIpc) is 3.07. The molecule has 2 N–H and O–H groups in total. The molecule has 1 aliphatic heterocycles. The Morgan fingerprint density at radius 3 is 2.64 bits per heavy atom. The van der Waals surface area contributed by atoms with E-state index in [1.165, 1.54) is 11.3 Å². The van der Waals surface area contributed by atoms with Crippen LogP contribution in [0.3, 0.4) is 0 Å². The van der Waals surface area contributed by atoms with Gasteiger partial charge in [0.15, 0.2) is 5.96 Å². The molecule has 0 bridgehead atoms. The molecule has 7 heteroatoms. The van der Waals surface area contributed by atoms with Crippen LogP contribution in [-0.2, 0) is 4.79 Å². The van der Waals surface area contributed by atoms with Crippen LogP contribution in [-0.4, -0.2) is 55.2 Å². The number of carbonyl (C=O) groups excluding carboxylic acids is 1. The Balaban J connectivity index is 0.00000312. The van der Waals surface area contributed by atoms with E-state index in [9.17, 15) is 4.79 Å². The lowest BCUT2D eigenvalue weighted by Gasteiger charge is -2.21. The molecule has 1 aliphatic rings. The normalized spacial score (nSPS) is 17.1. The molecule has 0 spiro atoms. The molecule has 0 aliphatic carbocycles. The van der Waals surface area contributed by atoms with Crippen molar-refractivity contribution in [3.05, 3.63) is 30.3 Å². The highest BCUT2D eigenvalue weighted by atomic mass is 127. The quantitative estimate of drug-likeness (QED) is 0.275. The minimum Gasteiger partial charge on any atom is -0.357 e. The van der Waals surface area contributed by atoms with Crippen molar-refractivity contribution in [2.24, 2.45) is 10.9 Å². The summed E-state index contributed by atoms with van der Waals surface area (Å²) in [6.07, 6.45) is 1.17. The molecule has 1 unspecified atom stereocenters. The third kappa shape index (κ3) is 7.85. The summed E-state index contributed by atoms with van der Waals surface area (Å²) in [7, 11) is 0. The summed E-state index contributed by atoms with van der Waals surface area (Å²) in [5.74, 6) is 2.61. The van der Waals surface area contributed by atoms with Crippen LogP contribution in [0.4, 0.5) is 0 Å². The number of halogens is 1. The smallest absolute Gasteiger partial charge is 0.241 e. The van der Waals surface area contributed by atoms with Gasteiger partial charge in [0, 0.05) is 36.8 Å². The van der Waals surface area contributed by atoms with Gasteiger partial charge in [0.2, 0.25) is 5.91 Å². The molecular weight excluding hydrogens is 447 g/mol. The van der Waals surface area contributed by atoms with E-state index in [0.29, 0.717) is 12.5 Å². The average molecular weight is 476 g/mol. The van der Waals surface area contributed by atoms with E-state index in [-0.39, 0.29) is 36.4 Å². The van der Waals surface area contributed by atoms with Gasteiger partial charge in [0.05, 0.1) is 0 Å². The van der Waals surface area contributed by atoms with Crippen molar-refractivity contribution >= 4 is 47.6 Å². The predicted octanol–water partition coefficient (Wildman–Crippen LogP) is 2.82. The molecular formula is C18H29IN4OS. The zero-order valence-corrected chi connectivity index (χ0v) is 18.2. The second kappa shape index (κ2) is 12.4. The van der Waals surface area contributed by atoms with Gasteiger partial charge >= 0.3 is 0 Å². The van der Waals surface area contributed by atoms with Crippen molar-refractivity contribution in [2.75, 3.05) is 38.5 Å². The van der Waals surface area contributed by atoms with Crippen LogP contribution in [0.25, 0.3) is 0 Å². The zero-order valence-electron chi connectivity index (χ0n) is 15.0. The number of nitrogens with zero attached hydrogens (tertiary/aromatic N) is 2. The fraction of sp³-hybridized carbons (Fsp3) is 0.556. The Morgan fingerprint density at radius 2 is 1.96 bits per heavy atom. The van der Waals surface area contributed by atoms with Gasteiger partial charge in [-0.05, 0) is 38.3 Å². The van der Waals surface area contributed by atoms with Gasteiger partial charge in [0.1, 0.15) is 6.54 Å². The monoisotopic (exact) mass is 476 g/mol. The first-order valence-electron chi connectivity index (χ1n) is 8.70. The number of likely N-dealkylation sites (N-methyl/N-ethyl adjacent to an activating group) is 1. The lowest BCUT2D eigenvalue weighted by molar-refractivity contribution is -0.119. The Kier molecular flexibility index (Phi) is 11.0. The van der Waals surface area contributed by atoms with Gasteiger partial charge in [-0.25, -0.2) is 4.99 Å². The van der Waals surface area contributed by atoms with Gasteiger partial charge in [-0.15, -0.1) is 35.7 Å². The van der Waals surface area contributed by atoms with E-state index in [0.717, 1.165) is 31.3 Å². The van der Waals surface area contributed by atoms with Crippen LogP contribution in [0.5, 0.6) is 0 Å². The van der Waals surface area contributed by atoms with E-state index in [4.69, 9.17) is 0 Å². The molecule has 25 heavy (non-hydrogen) atoms. The van der Waals surface area contributed by atoms with E-state index in [1.54, 1.807) is 0 Å². The second-order valence-corrected chi connectivity index (χ2v) is 6.94. The standard InChI is InChI=1S/C18H28N4OS.HI/c1-3-19-17(23)12-21-18(20-4-2)22-11-10-15(13-22)14-24-16-8-6-5-7-9-16;/h5-9,15H,3-4,10-14H2,1-2H3,(H,19,23)(H,20,21);1H. The van der Waals surface area contributed by atoms with Gasteiger partial charge in [0.25, 0.3) is 0 Å². The lowest BCUT2D eigenvalue weighted by atomic mass is 10.2. The summed E-state index contributed by atoms with van der Waals surface area (Å²) >= 11 is 1.92. The third-order valence-electron chi connectivity index (χ3n) is 3.90. The Labute approximate surface area is 172 Å². The molecule has 0 radical (unpaired) electrons. The molecule has 1 atom stereocenters. The highest BCUT2D eigenvalue weighted by Crippen LogP contribution is 2.25. The third-order valence-corrected chi connectivity index (χ3v) is 5.14. The zero-order chi connectivity index (χ0) is 17.2. The number of hydrogen-bond donors (Lipinski definition) is 2. The molecule has 1 fully saturated rings. The van der Waals surface area contributed by atoms with Gasteiger partial charge in [-0.1, -0.05) is 18.2 Å². The maximum atomic E-state index is 11.6. The van der Waals surface area contributed by atoms with Crippen LogP contribution in [0, 0.1) is 5.92 Å². The second-order valence-electron chi connectivity index (χ2n) is 5.85. The minimum absolute atomic E-state index is 0. The number of benzene rings is 1. The molecule has 5 nitrogen and oxygen atoms in total. The van der Waals surface area contributed by atoms with Crippen molar-refractivity contribution in [3.8, 4) is 0 Å². The first-order chi connectivity index (χ1) is 11.7. The molecule has 2 rings (SSSR count). The molecule has 0 aromatic heterocycles. The molecule has 0 saturated carbocycles. The van der Waals surface area contributed by atoms with Crippen molar-refractivity contribution in [2.45, 2.75) is 25.2 Å². The molecule has 1 aromatic rings. The predicted molar refractivity (Wildman–Crippen MR) is 117 cm³/mol. The number of thioether (sulfide) groups is 1. The number of hydrogen-bond acceptors (Lipinski definition) is 3. The van der Waals surface area contributed by atoms with Gasteiger partial charge < -0.3 is 15.5 Å². The van der Waals surface area contributed by atoms with Crippen molar-refractivity contribution < 1.29 is 4.79 Å². The van der Waals surface area contributed by atoms with E-state index in [1.807, 2.05) is 18.7 Å². The van der Waals surface area contributed by atoms with E-state index in [2.05, 4.69) is 57.8 Å².